The number of nitrogens with zero attached hydrogens (tertiary/aromatic N) is 5. The summed E-state index contributed by atoms with van der Waals surface area (Å²) >= 11 is 0. The summed E-state index contributed by atoms with van der Waals surface area (Å²) in [5, 5.41) is 11.7. The molecule has 2 saturated heterocycles. The van der Waals surface area contributed by atoms with Crippen LogP contribution in [0.1, 0.15) is 85.0 Å². The van der Waals surface area contributed by atoms with Crippen molar-refractivity contribution in [2.45, 2.75) is 72.0 Å². The smallest absolute Gasteiger partial charge is 0.353 e. The predicted molar refractivity (Wildman–Crippen MR) is 193 cm³/mol. The number of ether oxygens (including phenoxy) is 1. The van der Waals surface area contributed by atoms with E-state index in [4.69, 9.17) is 10.5 Å². The molecule has 2 amide bonds. The lowest BCUT2D eigenvalue weighted by Crippen LogP contribution is -2.52. The Morgan fingerprint density at radius 3 is 2.22 bits per heavy atom. The molecule has 266 valence electrons. The number of carboxylic acid groups (broad SMARTS) is 1. The molecule has 5 rings (SSSR count). The van der Waals surface area contributed by atoms with Crippen LogP contribution in [0.5, 0.6) is 5.75 Å². The second-order valence-electron chi connectivity index (χ2n) is 14.6. The van der Waals surface area contributed by atoms with Crippen LogP contribution in [0.2, 0.25) is 0 Å². The molecule has 0 spiro atoms. The monoisotopic (exact) mass is 674 g/mol. The lowest BCUT2D eigenvalue weighted by molar-refractivity contribution is -0.137. The summed E-state index contributed by atoms with van der Waals surface area (Å²) < 4.78 is 7.75. The minimum absolute atomic E-state index is 0.0168. The fraction of sp³-hybridized carbons (Fsp3) is 0.553. The number of benzene rings is 2. The van der Waals surface area contributed by atoms with Gasteiger partial charge in [0.15, 0.2) is 0 Å². The Balaban J connectivity index is 1.65. The fourth-order valence-corrected chi connectivity index (χ4v) is 7.86. The number of para-hydroxylation sites is 1. The first kappa shape index (κ1) is 36.4. The molecular formula is C38H54N6O5. The zero-order chi connectivity index (χ0) is 35.8. The number of carboxylic acids is 1. The van der Waals surface area contributed by atoms with Crippen molar-refractivity contribution in [3.63, 3.8) is 0 Å². The summed E-state index contributed by atoms with van der Waals surface area (Å²) in [6, 6.07) is 7.84. The van der Waals surface area contributed by atoms with Crippen molar-refractivity contribution in [2.24, 2.45) is 12.8 Å². The molecule has 0 bridgehead atoms. The maximum absolute atomic E-state index is 13.3. The highest BCUT2D eigenvalue weighted by molar-refractivity contribution is 6.11. The molecule has 2 fully saturated rings. The second-order valence-corrected chi connectivity index (χ2v) is 14.6. The van der Waals surface area contributed by atoms with E-state index in [0.717, 1.165) is 78.7 Å². The van der Waals surface area contributed by atoms with Gasteiger partial charge >= 0.3 is 5.97 Å². The molecular weight excluding hydrogens is 620 g/mol. The van der Waals surface area contributed by atoms with Crippen LogP contribution in [-0.2, 0) is 30.3 Å². The quantitative estimate of drug-likeness (QED) is 0.304. The summed E-state index contributed by atoms with van der Waals surface area (Å²) in [7, 11) is 5.39. The van der Waals surface area contributed by atoms with Crippen molar-refractivity contribution in [1.82, 2.24) is 24.2 Å². The highest BCUT2D eigenvalue weighted by Crippen LogP contribution is 2.47. The third-order valence-electron chi connectivity index (χ3n) is 10.6. The lowest BCUT2D eigenvalue weighted by Gasteiger charge is -2.37. The Morgan fingerprint density at radius 2 is 1.69 bits per heavy atom. The van der Waals surface area contributed by atoms with Crippen molar-refractivity contribution < 1.29 is 24.2 Å². The number of rotatable bonds is 11. The van der Waals surface area contributed by atoms with Crippen LogP contribution >= 0.6 is 0 Å². The summed E-state index contributed by atoms with van der Waals surface area (Å²) in [6.07, 6.45) is 1.98. The van der Waals surface area contributed by atoms with Crippen LogP contribution in [0, 0.1) is 0 Å². The van der Waals surface area contributed by atoms with E-state index in [9.17, 15) is 19.5 Å². The number of primary amides is 1. The van der Waals surface area contributed by atoms with Gasteiger partial charge in [0.2, 0.25) is 5.91 Å². The van der Waals surface area contributed by atoms with Gasteiger partial charge in [-0.1, -0.05) is 52.8 Å². The normalized spacial score (nSPS) is 17.7. The van der Waals surface area contributed by atoms with Crippen LogP contribution < -0.4 is 10.5 Å². The third kappa shape index (κ3) is 6.93. The van der Waals surface area contributed by atoms with E-state index in [-0.39, 0.29) is 23.2 Å². The summed E-state index contributed by atoms with van der Waals surface area (Å²) in [6.45, 7) is 16.7. The number of hydrogen-bond acceptors (Lipinski definition) is 7. The zero-order valence-electron chi connectivity index (χ0n) is 30.6. The molecule has 3 heterocycles. The first-order valence-corrected chi connectivity index (χ1v) is 17.5. The van der Waals surface area contributed by atoms with E-state index >= 15 is 0 Å². The Labute approximate surface area is 290 Å². The van der Waals surface area contributed by atoms with Gasteiger partial charge in [0.05, 0.1) is 24.2 Å². The van der Waals surface area contributed by atoms with Crippen molar-refractivity contribution in [3.8, 4) is 16.9 Å². The molecule has 2 aromatic carbocycles. The van der Waals surface area contributed by atoms with Crippen molar-refractivity contribution >= 4 is 28.7 Å². The average molecular weight is 675 g/mol. The molecule has 1 atom stereocenters. The topological polar surface area (TPSA) is 125 Å². The molecule has 3 N–H and O–H groups in total. The number of likely N-dealkylation sites (N-methyl/N-ethyl adjacent to an activating group) is 1. The fourth-order valence-electron chi connectivity index (χ4n) is 7.86. The molecule has 11 heteroatoms. The molecule has 2 aliphatic heterocycles. The maximum atomic E-state index is 13.3. The number of nitrogens with two attached hydrogens (primary N) is 1. The van der Waals surface area contributed by atoms with E-state index in [0.29, 0.717) is 37.5 Å². The second kappa shape index (κ2) is 14.5. The molecule has 2 aliphatic rings. The van der Waals surface area contributed by atoms with Crippen LogP contribution in [0.4, 0.5) is 0 Å². The number of aromatic nitrogens is 1. The number of aromatic carboxylic acids is 1. The van der Waals surface area contributed by atoms with Crippen LogP contribution in [0.15, 0.2) is 24.3 Å². The number of carbonyl (C=O) groups is 3. The van der Waals surface area contributed by atoms with E-state index < -0.39 is 17.3 Å². The van der Waals surface area contributed by atoms with Crippen molar-refractivity contribution in [1.29, 1.82) is 0 Å². The van der Waals surface area contributed by atoms with Crippen LogP contribution in [0.25, 0.3) is 22.0 Å². The molecule has 0 aliphatic carbocycles. The number of aryl methyl sites for hydroxylation is 1. The minimum Gasteiger partial charge on any atom is -0.496 e. The van der Waals surface area contributed by atoms with Gasteiger partial charge < -0.3 is 25.0 Å². The van der Waals surface area contributed by atoms with Crippen molar-refractivity contribution in [2.75, 3.05) is 60.0 Å². The number of hydrogen-bond donors (Lipinski definition) is 2. The highest BCUT2D eigenvalue weighted by Gasteiger charge is 2.35. The lowest BCUT2D eigenvalue weighted by atomic mass is 9.77. The van der Waals surface area contributed by atoms with E-state index in [1.165, 1.54) is 7.11 Å². The van der Waals surface area contributed by atoms with Gasteiger partial charge in [0.25, 0.3) is 5.91 Å². The van der Waals surface area contributed by atoms with Gasteiger partial charge in [0.1, 0.15) is 11.4 Å². The Kier molecular flexibility index (Phi) is 10.8. The van der Waals surface area contributed by atoms with E-state index in [1.807, 2.05) is 31.1 Å². The van der Waals surface area contributed by atoms with Gasteiger partial charge in [0, 0.05) is 62.8 Å². The number of carbonyl (C=O) groups excluding carboxylic acids is 2. The Bertz CT molecular complexity index is 1730. The van der Waals surface area contributed by atoms with Crippen LogP contribution in [0.3, 0.4) is 0 Å². The van der Waals surface area contributed by atoms with Gasteiger partial charge in [-0.3, -0.25) is 24.3 Å². The standard InChI is InChI=1S/C38H54N6O5/c1-9-42(10-2)23-27-30(28(38(3,4)5)21-26(35(39)45)34(27)49-8)31-25-14-11-13-24(32(25)41(7)33(31)37(47)48)22-43-17-19-44(20-18-43)36(46)29-15-12-16-40(29)6/h11,13-14,21,29H,9-10,12,15-20,22-23H2,1-8H3,(H2,39,45)(H,47,48). The van der Waals surface area contributed by atoms with Crippen molar-refractivity contribution in [3.05, 3.63) is 52.2 Å². The largest absolute Gasteiger partial charge is 0.496 e. The number of methoxy groups -OCH3 is 1. The predicted octanol–water partition coefficient (Wildman–Crippen LogP) is 4.53. The first-order chi connectivity index (χ1) is 23.2. The van der Waals surface area contributed by atoms with Gasteiger partial charge in [-0.2, -0.15) is 0 Å². The Hall–Kier alpha value is -3.93. The molecule has 1 aromatic heterocycles. The molecule has 0 saturated carbocycles. The summed E-state index contributed by atoms with van der Waals surface area (Å²) in [5.41, 5.74) is 10.8. The minimum atomic E-state index is -1.03. The van der Waals surface area contributed by atoms with Gasteiger partial charge in [-0.05, 0) is 67.7 Å². The highest BCUT2D eigenvalue weighted by atomic mass is 16.5. The maximum Gasteiger partial charge on any atom is 0.353 e. The third-order valence-corrected chi connectivity index (χ3v) is 10.6. The Morgan fingerprint density at radius 1 is 1.02 bits per heavy atom. The number of piperazine rings is 1. The number of likely N-dealkylation sites (tertiary alicyclic amines) is 1. The molecule has 3 aromatic rings. The SMILES string of the molecule is CCN(CC)Cc1c(OC)c(C(N)=O)cc(C(C)(C)C)c1-c1c(C(=O)O)n(C)c2c(CN3CCN(C(=O)C4CCCN4C)CC3)cccc12. The average Bonchev–Trinajstić information content (AvgIpc) is 3.62. The zero-order valence-corrected chi connectivity index (χ0v) is 30.6. The van der Waals surface area contributed by atoms with Gasteiger partial charge in [-0.25, -0.2) is 4.79 Å². The molecule has 1 unspecified atom stereocenters. The molecule has 49 heavy (non-hydrogen) atoms. The van der Waals surface area contributed by atoms with E-state index in [1.54, 1.807) is 10.6 Å². The molecule has 0 radical (unpaired) electrons. The van der Waals surface area contributed by atoms with E-state index in [2.05, 4.69) is 55.4 Å². The first-order valence-electron chi connectivity index (χ1n) is 17.5. The molecule has 11 nitrogen and oxygen atoms in total. The summed E-state index contributed by atoms with van der Waals surface area (Å²) in [5.74, 6) is -1.02. The number of fused-ring (bicyclic) bond motifs is 1. The number of amides is 2. The summed E-state index contributed by atoms with van der Waals surface area (Å²) in [4.78, 5) is 48.1. The van der Waals surface area contributed by atoms with Gasteiger partial charge in [-0.15, -0.1) is 0 Å². The van der Waals surface area contributed by atoms with Crippen LogP contribution in [-0.4, -0.2) is 113 Å².